The first-order valence-electron chi connectivity index (χ1n) is 27.5. The van der Waals surface area contributed by atoms with Gasteiger partial charge in [-0.3, -0.25) is 14.3 Å². The van der Waals surface area contributed by atoms with Crippen molar-refractivity contribution in [2.24, 2.45) is 28.8 Å². The fourth-order valence-electron chi connectivity index (χ4n) is 7.95. The summed E-state index contributed by atoms with van der Waals surface area (Å²) in [6.07, 6.45) is 10.1. The molecule has 0 unspecified atom stereocenters. The van der Waals surface area contributed by atoms with Crippen molar-refractivity contribution in [1.82, 2.24) is 25.4 Å². The number of ether oxygens (including phenoxy) is 5. The zero-order valence-corrected chi connectivity index (χ0v) is 55.8. The molecule has 488 valence electrons. The molecule has 0 bridgehead atoms. The Morgan fingerprint density at radius 2 is 0.779 bits per heavy atom. The standard InChI is InChI=1S/C15H24N2O5S.2C13H21NO4.C10H16N2O3S.C4H9NO2S.ClH.Li.H2O/c1-6-10-9-15(10,16-12(19)22-13(2,3)4)11(18)17-23(20,21)14(5)7-8-14;2*1-6-9-8-13(9,10(15)17-7-2)14-11(16)18-12(3,4)5;1-3-7-6-10(7,11)8(13)12-16(14,15)9(2)4-5-9;1-4(2-3-4)8(5,6)7;;;/h6,10H,1,7-9H2,2-5H3,(H,16,19)(H,17,18);2*6,9H,1,7-8H2,2-5H3,(H,14,16);3,7H,1,4-6,11H2,2H3,(H,12,13);2-3H2,1H3,(H2,5,6,7);1H;;1H2/q;;;;;;+1;/p-1/t10-,15-;2*9-,13-;7-,10-;;;;/m1111..../s1. The second-order valence-electron chi connectivity index (χ2n) is 25.8. The van der Waals surface area contributed by atoms with Crippen molar-refractivity contribution in [1.29, 1.82) is 0 Å². The minimum absolute atomic E-state index is 0. The number of quaternary nitrogens is 1. The predicted molar refractivity (Wildman–Crippen MR) is 310 cm³/mol. The average Bonchev–Trinajstić information content (AvgIpc) is 1.91. The first-order chi connectivity index (χ1) is 37.6. The Morgan fingerprint density at radius 3 is 0.988 bits per heavy atom. The van der Waals surface area contributed by atoms with Crippen LogP contribution in [0.1, 0.15) is 161 Å². The molecule has 7 rings (SSSR count). The van der Waals surface area contributed by atoms with Gasteiger partial charge in [-0.05, 0) is 155 Å². The number of carbonyl (C=O) groups excluding carboxylic acids is 7. The maximum absolute atomic E-state index is 12.5. The Morgan fingerprint density at radius 1 is 0.512 bits per heavy atom. The molecule has 0 aromatic carbocycles. The molecule has 31 heteroatoms. The summed E-state index contributed by atoms with van der Waals surface area (Å²) in [4.78, 5) is 83.4. The van der Waals surface area contributed by atoms with Gasteiger partial charge in [0.2, 0.25) is 30.1 Å². The van der Waals surface area contributed by atoms with E-state index in [2.05, 4.69) is 57.4 Å². The van der Waals surface area contributed by atoms with Gasteiger partial charge in [-0.2, -0.15) is 0 Å². The third-order valence-corrected chi connectivity index (χ3v) is 21.0. The van der Waals surface area contributed by atoms with E-state index in [1.54, 1.807) is 115 Å². The normalized spacial score (nSPS) is 27.4. The summed E-state index contributed by atoms with van der Waals surface area (Å²) in [5, 5.41) is 12.6. The fourth-order valence-corrected chi connectivity index (χ4v) is 11.3. The number of primary sulfonamides is 1. The van der Waals surface area contributed by atoms with E-state index in [0.29, 0.717) is 51.4 Å². The monoisotopic (exact) mass is 1290 g/mol. The van der Waals surface area contributed by atoms with E-state index < -0.39 is 125 Å². The van der Waals surface area contributed by atoms with Crippen LogP contribution in [0.5, 0.6) is 0 Å². The molecule has 7 fully saturated rings. The smallest absolute Gasteiger partial charge is 1.00 e. The third-order valence-electron chi connectivity index (χ3n) is 14.9. The minimum Gasteiger partial charge on any atom is -1.00 e. The number of amides is 5. The minimum atomic E-state index is -3.76. The molecule has 8 atom stereocenters. The molecular formula is C55H93ClLiN7O19S3. The van der Waals surface area contributed by atoms with Gasteiger partial charge in [-0.1, -0.05) is 24.3 Å². The van der Waals surface area contributed by atoms with Gasteiger partial charge < -0.3 is 63.3 Å². The second-order valence-corrected chi connectivity index (χ2v) is 32.3. The summed E-state index contributed by atoms with van der Waals surface area (Å²) in [7, 11) is -10.5. The zero-order valence-electron chi connectivity index (χ0n) is 52.6. The first-order valence-corrected chi connectivity index (χ1v) is 32.0. The summed E-state index contributed by atoms with van der Waals surface area (Å²) < 4.78 is 96.5. The van der Waals surface area contributed by atoms with Crippen molar-refractivity contribution in [3.63, 3.8) is 0 Å². The van der Waals surface area contributed by atoms with Gasteiger partial charge in [0.05, 0.1) is 27.5 Å². The molecule has 0 aromatic heterocycles. The van der Waals surface area contributed by atoms with Crippen LogP contribution in [0.2, 0.25) is 0 Å². The number of carbonyl (C=O) groups is 7. The number of hydrogen-bond acceptors (Lipinski definition) is 19. The Hall–Kier alpha value is -4.73. The number of nitrogens with two attached hydrogens (primary N) is 1. The topological polar surface area (TPSA) is 412 Å². The fraction of sp³-hybridized carbons (Fsp3) is 0.727. The molecule has 7 aliphatic rings. The quantitative estimate of drug-likeness (QED) is 0.0349. The van der Waals surface area contributed by atoms with Crippen LogP contribution in [-0.2, 0) is 72.9 Å². The summed E-state index contributed by atoms with van der Waals surface area (Å²) >= 11 is 0. The Labute approximate surface area is 526 Å². The van der Waals surface area contributed by atoms with Crippen LogP contribution in [0.25, 0.3) is 0 Å². The van der Waals surface area contributed by atoms with Crippen LogP contribution in [0.4, 0.5) is 14.4 Å². The predicted octanol–water partition coefficient (Wildman–Crippen LogP) is -1.68. The number of halogens is 1. The summed E-state index contributed by atoms with van der Waals surface area (Å²) in [5.74, 6) is -2.60. The second kappa shape index (κ2) is 28.8. The SMILES string of the molecule is C=C[C@@H]1C[C@]1(NC(=O)OC(C)(C)C)C(=O)NS(=O)(=O)C1(C)CC1.C=C[C@@H]1C[C@]1(NC(=O)OC(C)(C)C)C(=O)OCC.C=C[C@@H]1C[C@]1(NC(=O)OC(C)(C)C)C(=O)OCC.C=C[C@@H]1C[C@]1([NH3+])C(=O)NS(=O)(=O)C1(C)CC1.CC1(S(N)(=O)=O)CC1.[Cl-].[Li+].[OH-]. The molecular weight excluding hydrogens is 1200 g/mol. The van der Waals surface area contributed by atoms with Gasteiger partial charge in [0, 0.05) is 30.1 Å². The summed E-state index contributed by atoms with van der Waals surface area (Å²) in [5.41, 5.74) is -2.23. The van der Waals surface area contributed by atoms with E-state index in [9.17, 15) is 58.8 Å². The van der Waals surface area contributed by atoms with Crippen molar-refractivity contribution in [3.05, 3.63) is 50.6 Å². The largest absolute Gasteiger partial charge is 1.00 e. The molecule has 0 spiro atoms. The van der Waals surface area contributed by atoms with Crippen LogP contribution in [0.15, 0.2) is 50.6 Å². The summed E-state index contributed by atoms with van der Waals surface area (Å²) in [6.45, 7) is 39.1. The molecule has 0 heterocycles. The van der Waals surface area contributed by atoms with E-state index in [1.807, 2.05) is 0 Å². The summed E-state index contributed by atoms with van der Waals surface area (Å²) in [6, 6.07) is 0. The maximum atomic E-state index is 12.5. The van der Waals surface area contributed by atoms with Crippen LogP contribution in [0.3, 0.4) is 0 Å². The molecule has 26 nitrogen and oxygen atoms in total. The number of esters is 2. The molecule has 0 saturated heterocycles. The van der Waals surface area contributed by atoms with Crippen LogP contribution in [0, 0.1) is 23.7 Å². The van der Waals surface area contributed by atoms with E-state index in [0.717, 1.165) is 12.8 Å². The van der Waals surface area contributed by atoms with Gasteiger partial charge in [-0.25, -0.2) is 59.1 Å². The molecule has 7 aliphatic carbocycles. The molecule has 11 N–H and O–H groups in total. The average molecular weight is 1290 g/mol. The molecule has 86 heavy (non-hydrogen) atoms. The van der Waals surface area contributed by atoms with Gasteiger partial charge in [0.1, 0.15) is 33.4 Å². The Bertz CT molecular complexity index is 2830. The van der Waals surface area contributed by atoms with Gasteiger partial charge in [0.25, 0.3) is 11.8 Å². The molecule has 0 aliphatic heterocycles. The number of hydrogen-bond donors (Lipinski definition) is 7. The van der Waals surface area contributed by atoms with Crippen molar-refractivity contribution in [2.45, 2.75) is 214 Å². The van der Waals surface area contributed by atoms with Gasteiger partial charge >= 0.3 is 49.1 Å². The molecule has 0 aromatic rings. The van der Waals surface area contributed by atoms with Crippen molar-refractivity contribution in [3.8, 4) is 0 Å². The number of rotatable bonds is 18. The van der Waals surface area contributed by atoms with E-state index in [1.165, 1.54) is 6.08 Å². The number of nitrogens with one attached hydrogen (secondary N) is 5. The van der Waals surface area contributed by atoms with Crippen molar-refractivity contribution in [2.75, 3.05) is 13.2 Å². The van der Waals surface area contributed by atoms with E-state index >= 15 is 0 Å². The molecule has 0 radical (unpaired) electrons. The maximum Gasteiger partial charge on any atom is 1.00 e. The van der Waals surface area contributed by atoms with Crippen molar-refractivity contribution < 1.29 is 125 Å². The van der Waals surface area contributed by atoms with E-state index in [4.69, 9.17) is 28.8 Å². The van der Waals surface area contributed by atoms with Gasteiger partial charge in [0.15, 0.2) is 5.54 Å². The zero-order chi connectivity index (χ0) is 64.2. The van der Waals surface area contributed by atoms with Gasteiger partial charge in [-0.15, -0.1) is 26.3 Å². The van der Waals surface area contributed by atoms with E-state index in [-0.39, 0.29) is 73.6 Å². The number of alkyl carbamates (subject to hydrolysis) is 3. The van der Waals surface area contributed by atoms with Crippen LogP contribution < -0.4 is 67.5 Å². The molecule has 5 amide bonds. The first kappa shape index (κ1) is 81.3. The van der Waals surface area contributed by atoms with Crippen LogP contribution in [-0.4, -0.2) is 139 Å². The Balaban J connectivity index is 0.00000107. The molecule has 7 saturated carbocycles. The number of sulfonamides is 3. The third kappa shape index (κ3) is 21.2. The Kier molecular flexibility index (Phi) is 27.2. The van der Waals surface area contributed by atoms with Crippen LogP contribution >= 0.6 is 0 Å². The van der Waals surface area contributed by atoms with Crippen molar-refractivity contribution >= 4 is 72.1 Å².